The van der Waals surface area contributed by atoms with E-state index in [2.05, 4.69) is 25.9 Å². The maximum absolute atomic E-state index is 11.1. The van der Waals surface area contributed by atoms with Crippen LogP contribution in [0.2, 0.25) is 0 Å². The molecule has 0 radical (unpaired) electrons. The number of nitrogens with one attached hydrogen (secondary N) is 1. The van der Waals surface area contributed by atoms with E-state index in [4.69, 9.17) is 4.74 Å². The molecule has 0 bridgehead atoms. The zero-order valence-corrected chi connectivity index (χ0v) is 15.7. The van der Waals surface area contributed by atoms with Gasteiger partial charge in [-0.15, -0.1) is 0 Å². The van der Waals surface area contributed by atoms with Gasteiger partial charge in [0.2, 0.25) is 11.8 Å². The number of rotatable bonds is 5. The van der Waals surface area contributed by atoms with E-state index in [0.29, 0.717) is 12.4 Å². The lowest BCUT2D eigenvalue weighted by Crippen LogP contribution is -2.18. The van der Waals surface area contributed by atoms with Crippen LogP contribution in [0.3, 0.4) is 0 Å². The van der Waals surface area contributed by atoms with Crippen LogP contribution < -0.4 is 10.1 Å². The number of fused-ring (bicyclic) bond motifs is 1. The Labute approximate surface area is 162 Å². The quantitative estimate of drug-likeness (QED) is 0.580. The van der Waals surface area contributed by atoms with Crippen LogP contribution in [0.4, 0.5) is 0 Å². The lowest BCUT2D eigenvalue weighted by Gasteiger charge is -2.08. The predicted octanol–water partition coefficient (Wildman–Crippen LogP) is 3.73. The van der Waals surface area contributed by atoms with Gasteiger partial charge >= 0.3 is 0 Å². The van der Waals surface area contributed by atoms with Crippen LogP contribution >= 0.6 is 0 Å². The average molecular weight is 372 g/mol. The summed E-state index contributed by atoms with van der Waals surface area (Å²) in [5.74, 6) is 0.555. The zero-order chi connectivity index (χ0) is 19.5. The van der Waals surface area contributed by atoms with Crippen LogP contribution in [0.5, 0.6) is 5.88 Å². The van der Waals surface area contributed by atoms with Crippen molar-refractivity contribution in [1.82, 2.24) is 19.9 Å². The fourth-order valence-corrected chi connectivity index (χ4v) is 3.07. The van der Waals surface area contributed by atoms with Gasteiger partial charge in [-0.25, -0.2) is 9.97 Å². The van der Waals surface area contributed by atoms with Gasteiger partial charge in [0.1, 0.15) is 6.33 Å². The number of carbonyl (C=O) groups is 1. The molecule has 4 rings (SSSR count). The van der Waals surface area contributed by atoms with Gasteiger partial charge in [-0.3, -0.25) is 9.36 Å². The summed E-state index contributed by atoms with van der Waals surface area (Å²) in [6, 6.07) is 18.1. The fourth-order valence-electron chi connectivity index (χ4n) is 3.07. The Morgan fingerprint density at radius 3 is 2.50 bits per heavy atom. The lowest BCUT2D eigenvalue weighted by atomic mass is 10.1. The van der Waals surface area contributed by atoms with Crippen molar-refractivity contribution in [3.05, 3.63) is 72.7 Å². The summed E-state index contributed by atoms with van der Waals surface area (Å²) in [4.78, 5) is 19.9. The van der Waals surface area contributed by atoms with Crippen LogP contribution in [0, 0.1) is 0 Å². The molecule has 0 aliphatic rings. The third-order valence-electron chi connectivity index (χ3n) is 4.58. The van der Waals surface area contributed by atoms with E-state index in [9.17, 15) is 4.79 Å². The van der Waals surface area contributed by atoms with Crippen molar-refractivity contribution < 1.29 is 9.53 Å². The topological polar surface area (TPSA) is 69.0 Å². The number of benzene rings is 2. The Morgan fingerprint density at radius 2 is 1.82 bits per heavy atom. The van der Waals surface area contributed by atoms with Crippen molar-refractivity contribution in [1.29, 1.82) is 0 Å². The van der Waals surface area contributed by atoms with Crippen molar-refractivity contribution >= 4 is 16.9 Å². The van der Waals surface area contributed by atoms with E-state index in [1.165, 1.54) is 6.92 Å². The number of imidazole rings is 1. The van der Waals surface area contributed by atoms with Gasteiger partial charge in [0.25, 0.3) is 0 Å². The van der Waals surface area contributed by atoms with Gasteiger partial charge in [-0.1, -0.05) is 18.2 Å². The number of nitrogens with zero attached hydrogens (tertiary/aromatic N) is 3. The number of aromatic nitrogens is 3. The molecule has 1 N–H and O–H groups in total. The first-order valence-corrected chi connectivity index (χ1v) is 8.95. The Hall–Kier alpha value is -3.67. The van der Waals surface area contributed by atoms with E-state index in [0.717, 1.165) is 33.4 Å². The number of amides is 1. The van der Waals surface area contributed by atoms with E-state index in [-0.39, 0.29) is 5.91 Å². The number of pyridine rings is 1. The summed E-state index contributed by atoms with van der Waals surface area (Å²) in [7, 11) is 1.61. The third-order valence-corrected chi connectivity index (χ3v) is 4.58. The normalized spacial score (nSPS) is 10.8. The minimum atomic E-state index is -0.0368. The zero-order valence-electron chi connectivity index (χ0n) is 15.7. The molecule has 0 fully saturated rings. The molecular formula is C22H20N4O2. The highest BCUT2D eigenvalue weighted by atomic mass is 16.5. The van der Waals surface area contributed by atoms with Crippen molar-refractivity contribution in [3.63, 3.8) is 0 Å². The van der Waals surface area contributed by atoms with Crippen molar-refractivity contribution in [3.8, 4) is 22.7 Å². The second-order valence-electron chi connectivity index (χ2n) is 6.48. The van der Waals surface area contributed by atoms with Crippen LogP contribution in [0.25, 0.3) is 27.8 Å². The molecule has 2 heterocycles. The molecule has 28 heavy (non-hydrogen) atoms. The predicted molar refractivity (Wildman–Crippen MR) is 108 cm³/mol. The Morgan fingerprint density at radius 1 is 1.04 bits per heavy atom. The molecule has 0 saturated heterocycles. The van der Waals surface area contributed by atoms with Gasteiger partial charge in [0.15, 0.2) is 0 Å². The first-order chi connectivity index (χ1) is 13.6. The van der Waals surface area contributed by atoms with Gasteiger partial charge in [0, 0.05) is 37.0 Å². The number of hydrogen-bond donors (Lipinski definition) is 1. The first kappa shape index (κ1) is 17.7. The van der Waals surface area contributed by atoms with Crippen LogP contribution in [0.15, 0.2) is 67.1 Å². The standard InChI is InChI=1S/C22H20N4O2/c1-15(27)23-12-16-3-7-19(8-4-16)26-14-25-20-9-5-17(11-21(20)26)18-6-10-22(28-2)24-13-18/h3-11,13-14H,12H2,1-2H3,(H,23,27). The second-order valence-corrected chi connectivity index (χ2v) is 6.48. The minimum Gasteiger partial charge on any atom is -0.481 e. The molecule has 0 saturated carbocycles. The van der Waals surface area contributed by atoms with E-state index >= 15 is 0 Å². The number of ether oxygens (including phenoxy) is 1. The summed E-state index contributed by atoms with van der Waals surface area (Å²) < 4.78 is 7.19. The fraction of sp³-hybridized carbons (Fsp3) is 0.136. The highest BCUT2D eigenvalue weighted by Gasteiger charge is 2.08. The molecular weight excluding hydrogens is 352 g/mol. The molecule has 0 atom stereocenters. The van der Waals surface area contributed by atoms with Gasteiger partial charge in [-0.05, 0) is 41.5 Å². The van der Waals surface area contributed by atoms with Crippen molar-refractivity contribution in [2.45, 2.75) is 13.5 Å². The highest BCUT2D eigenvalue weighted by Crippen LogP contribution is 2.26. The summed E-state index contributed by atoms with van der Waals surface area (Å²) in [6.45, 7) is 2.04. The van der Waals surface area contributed by atoms with Crippen LogP contribution in [0.1, 0.15) is 12.5 Å². The smallest absolute Gasteiger partial charge is 0.217 e. The monoisotopic (exact) mass is 372 g/mol. The average Bonchev–Trinajstić information content (AvgIpc) is 3.16. The van der Waals surface area contributed by atoms with Crippen molar-refractivity contribution in [2.75, 3.05) is 7.11 Å². The molecule has 0 aliphatic heterocycles. The SMILES string of the molecule is COc1ccc(-c2ccc3ncn(-c4ccc(CNC(C)=O)cc4)c3c2)cn1. The molecule has 2 aromatic heterocycles. The van der Waals surface area contributed by atoms with Crippen molar-refractivity contribution in [2.24, 2.45) is 0 Å². The Balaban J connectivity index is 1.67. The van der Waals surface area contributed by atoms with Gasteiger partial charge in [0.05, 0.1) is 18.1 Å². The molecule has 6 heteroatoms. The lowest BCUT2D eigenvalue weighted by molar-refractivity contribution is -0.119. The summed E-state index contributed by atoms with van der Waals surface area (Å²) >= 11 is 0. The van der Waals surface area contributed by atoms with E-state index in [1.807, 2.05) is 54.9 Å². The molecule has 0 spiro atoms. The molecule has 0 aliphatic carbocycles. The molecule has 1 amide bonds. The van der Waals surface area contributed by atoms with Gasteiger partial charge in [-0.2, -0.15) is 0 Å². The Bertz CT molecular complexity index is 1120. The number of hydrogen-bond acceptors (Lipinski definition) is 4. The van der Waals surface area contributed by atoms with E-state index in [1.54, 1.807) is 13.3 Å². The van der Waals surface area contributed by atoms with E-state index < -0.39 is 0 Å². The molecule has 4 aromatic rings. The maximum Gasteiger partial charge on any atom is 0.217 e. The minimum absolute atomic E-state index is 0.0368. The number of methoxy groups -OCH3 is 1. The molecule has 0 unspecified atom stereocenters. The molecule has 6 nitrogen and oxygen atoms in total. The van der Waals surface area contributed by atoms with Crippen LogP contribution in [-0.4, -0.2) is 27.6 Å². The van der Waals surface area contributed by atoms with Crippen LogP contribution in [-0.2, 0) is 11.3 Å². The summed E-state index contributed by atoms with van der Waals surface area (Å²) in [5.41, 5.74) is 6.08. The highest BCUT2D eigenvalue weighted by molar-refractivity contribution is 5.83. The molecule has 140 valence electrons. The second kappa shape index (κ2) is 7.52. The maximum atomic E-state index is 11.1. The third kappa shape index (κ3) is 3.57. The Kier molecular flexibility index (Phi) is 4.76. The first-order valence-electron chi connectivity index (χ1n) is 8.95. The summed E-state index contributed by atoms with van der Waals surface area (Å²) in [5, 5.41) is 2.81. The van der Waals surface area contributed by atoms with Gasteiger partial charge < -0.3 is 10.1 Å². The number of carbonyl (C=O) groups excluding carboxylic acids is 1. The molecule has 2 aromatic carbocycles. The largest absolute Gasteiger partial charge is 0.481 e. The summed E-state index contributed by atoms with van der Waals surface area (Å²) in [6.07, 6.45) is 3.63.